The summed E-state index contributed by atoms with van der Waals surface area (Å²) in [7, 11) is 0. The van der Waals surface area contributed by atoms with Gasteiger partial charge in [0.05, 0.1) is 4.47 Å². The SMILES string of the molecule is O=C(Cc1ccc(F)c(Br)c1)c1ccccc1I. The number of hydrogen-bond acceptors (Lipinski definition) is 1. The van der Waals surface area contributed by atoms with Gasteiger partial charge >= 0.3 is 0 Å². The minimum atomic E-state index is -0.319. The second-order valence-electron chi connectivity index (χ2n) is 3.83. The van der Waals surface area contributed by atoms with Crippen LogP contribution in [-0.4, -0.2) is 5.78 Å². The first-order chi connectivity index (χ1) is 8.58. The molecule has 2 rings (SSSR count). The van der Waals surface area contributed by atoms with Crippen LogP contribution in [0.3, 0.4) is 0 Å². The van der Waals surface area contributed by atoms with E-state index < -0.39 is 0 Å². The standard InChI is InChI=1S/C14H9BrFIO/c15-11-7-9(5-6-12(11)16)8-14(18)10-3-1-2-4-13(10)17/h1-7H,8H2. The molecule has 0 radical (unpaired) electrons. The van der Waals surface area contributed by atoms with Gasteiger partial charge in [0.1, 0.15) is 5.82 Å². The predicted molar refractivity (Wildman–Crippen MR) is 81.3 cm³/mol. The minimum Gasteiger partial charge on any atom is -0.294 e. The molecule has 0 fully saturated rings. The molecular formula is C14H9BrFIO. The maximum absolute atomic E-state index is 13.1. The van der Waals surface area contributed by atoms with Gasteiger partial charge in [0, 0.05) is 15.6 Å². The Balaban J connectivity index is 2.22. The van der Waals surface area contributed by atoms with Crippen LogP contribution in [0.2, 0.25) is 0 Å². The molecule has 0 unspecified atom stereocenters. The lowest BCUT2D eigenvalue weighted by Gasteiger charge is -2.04. The average Bonchev–Trinajstić information content (AvgIpc) is 2.34. The summed E-state index contributed by atoms with van der Waals surface area (Å²) in [6, 6.07) is 12.1. The van der Waals surface area contributed by atoms with Gasteiger partial charge in [0.15, 0.2) is 5.78 Å². The third kappa shape index (κ3) is 3.17. The number of carbonyl (C=O) groups excluding carboxylic acids is 1. The van der Waals surface area contributed by atoms with Crippen molar-refractivity contribution in [2.24, 2.45) is 0 Å². The maximum atomic E-state index is 13.1. The van der Waals surface area contributed by atoms with Crippen LogP contribution in [0.5, 0.6) is 0 Å². The van der Waals surface area contributed by atoms with Crippen LogP contribution in [0.1, 0.15) is 15.9 Å². The zero-order valence-corrected chi connectivity index (χ0v) is 13.0. The molecule has 0 spiro atoms. The lowest BCUT2D eigenvalue weighted by atomic mass is 10.0. The largest absolute Gasteiger partial charge is 0.294 e. The van der Waals surface area contributed by atoms with Gasteiger partial charge in [-0.05, 0) is 62.3 Å². The molecular weight excluding hydrogens is 410 g/mol. The van der Waals surface area contributed by atoms with Crippen LogP contribution in [0.4, 0.5) is 4.39 Å². The summed E-state index contributed by atoms with van der Waals surface area (Å²) >= 11 is 5.26. The van der Waals surface area contributed by atoms with E-state index in [9.17, 15) is 9.18 Å². The topological polar surface area (TPSA) is 17.1 Å². The number of rotatable bonds is 3. The number of hydrogen-bond donors (Lipinski definition) is 0. The van der Waals surface area contributed by atoms with E-state index in [1.165, 1.54) is 6.07 Å². The fraction of sp³-hybridized carbons (Fsp3) is 0.0714. The monoisotopic (exact) mass is 418 g/mol. The fourth-order valence-electron chi connectivity index (χ4n) is 1.62. The molecule has 4 heteroatoms. The van der Waals surface area contributed by atoms with E-state index in [1.807, 2.05) is 24.3 Å². The Labute approximate surface area is 127 Å². The first-order valence-electron chi connectivity index (χ1n) is 5.29. The fourth-order valence-corrected chi connectivity index (χ4v) is 2.73. The van der Waals surface area contributed by atoms with Gasteiger partial charge in [0.25, 0.3) is 0 Å². The van der Waals surface area contributed by atoms with Crippen molar-refractivity contribution < 1.29 is 9.18 Å². The molecule has 0 saturated carbocycles. The van der Waals surface area contributed by atoms with Crippen LogP contribution in [0.25, 0.3) is 0 Å². The van der Waals surface area contributed by atoms with E-state index in [-0.39, 0.29) is 18.0 Å². The summed E-state index contributed by atoms with van der Waals surface area (Å²) in [5.41, 5.74) is 1.51. The molecule has 2 aromatic carbocycles. The van der Waals surface area contributed by atoms with Gasteiger partial charge in [-0.2, -0.15) is 0 Å². The molecule has 0 saturated heterocycles. The van der Waals surface area contributed by atoms with Crippen LogP contribution in [0, 0.1) is 9.39 Å². The van der Waals surface area contributed by atoms with Crippen LogP contribution in [0.15, 0.2) is 46.9 Å². The molecule has 0 aliphatic rings. The number of carbonyl (C=O) groups is 1. The van der Waals surface area contributed by atoms with Crippen molar-refractivity contribution in [1.29, 1.82) is 0 Å². The molecule has 92 valence electrons. The van der Waals surface area contributed by atoms with Crippen LogP contribution < -0.4 is 0 Å². The molecule has 0 N–H and O–H groups in total. The first kappa shape index (κ1) is 13.7. The average molecular weight is 419 g/mol. The Morgan fingerprint density at radius 1 is 1.22 bits per heavy atom. The molecule has 1 nitrogen and oxygen atoms in total. The summed E-state index contributed by atoms with van der Waals surface area (Å²) in [5.74, 6) is -0.279. The number of ketones is 1. The summed E-state index contributed by atoms with van der Waals surface area (Å²) in [6.45, 7) is 0. The highest BCUT2D eigenvalue weighted by Gasteiger charge is 2.11. The molecule has 0 bridgehead atoms. The highest BCUT2D eigenvalue weighted by molar-refractivity contribution is 14.1. The number of halogens is 3. The lowest BCUT2D eigenvalue weighted by molar-refractivity contribution is 0.0992. The molecule has 0 atom stereocenters. The highest BCUT2D eigenvalue weighted by atomic mass is 127. The van der Waals surface area contributed by atoms with Crippen molar-refractivity contribution in [3.8, 4) is 0 Å². The van der Waals surface area contributed by atoms with Crippen molar-refractivity contribution in [2.45, 2.75) is 6.42 Å². The number of benzene rings is 2. The zero-order valence-electron chi connectivity index (χ0n) is 9.29. The molecule has 0 heterocycles. The molecule has 2 aromatic rings. The molecule has 0 amide bonds. The van der Waals surface area contributed by atoms with E-state index in [0.717, 1.165) is 9.13 Å². The molecule has 18 heavy (non-hydrogen) atoms. The van der Waals surface area contributed by atoms with Gasteiger partial charge in [-0.15, -0.1) is 0 Å². The van der Waals surface area contributed by atoms with Crippen molar-refractivity contribution in [2.75, 3.05) is 0 Å². The Morgan fingerprint density at radius 3 is 2.61 bits per heavy atom. The summed E-state index contributed by atoms with van der Waals surface area (Å²) in [6.07, 6.45) is 0.277. The Hall–Kier alpha value is -0.750. The quantitative estimate of drug-likeness (QED) is 0.525. The predicted octanol–water partition coefficient (Wildman–Crippen LogP) is 4.62. The van der Waals surface area contributed by atoms with Crippen molar-refractivity contribution in [1.82, 2.24) is 0 Å². The number of Topliss-reactive ketones (excluding diaryl/α,β-unsaturated/α-hetero) is 1. The third-order valence-corrected chi connectivity index (χ3v) is 4.07. The zero-order chi connectivity index (χ0) is 13.1. The highest BCUT2D eigenvalue weighted by Crippen LogP contribution is 2.19. The van der Waals surface area contributed by atoms with Gasteiger partial charge in [-0.25, -0.2) is 4.39 Å². The van der Waals surface area contributed by atoms with Gasteiger partial charge in [0.2, 0.25) is 0 Å². The maximum Gasteiger partial charge on any atom is 0.168 e. The van der Waals surface area contributed by atoms with Gasteiger partial charge < -0.3 is 0 Å². The van der Waals surface area contributed by atoms with E-state index in [2.05, 4.69) is 38.5 Å². The summed E-state index contributed by atoms with van der Waals surface area (Å²) in [5, 5.41) is 0. The normalized spacial score (nSPS) is 10.4. The van der Waals surface area contributed by atoms with E-state index in [4.69, 9.17) is 0 Å². The minimum absolute atomic E-state index is 0.0403. The summed E-state index contributed by atoms with van der Waals surface area (Å²) in [4.78, 5) is 12.1. The first-order valence-corrected chi connectivity index (χ1v) is 7.17. The van der Waals surface area contributed by atoms with E-state index >= 15 is 0 Å². The molecule has 0 aliphatic carbocycles. The van der Waals surface area contributed by atoms with Crippen LogP contribution >= 0.6 is 38.5 Å². The Bertz CT molecular complexity index is 598. The third-order valence-electron chi connectivity index (χ3n) is 2.52. The van der Waals surface area contributed by atoms with Crippen molar-refractivity contribution in [3.63, 3.8) is 0 Å². The van der Waals surface area contributed by atoms with Gasteiger partial charge in [-0.3, -0.25) is 4.79 Å². The lowest BCUT2D eigenvalue weighted by Crippen LogP contribution is -2.05. The second-order valence-corrected chi connectivity index (χ2v) is 5.84. The Morgan fingerprint density at radius 2 is 1.94 bits per heavy atom. The molecule has 0 aromatic heterocycles. The Kier molecular flexibility index (Phi) is 4.50. The van der Waals surface area contributed by atoms with E-state index in [0.29, 0.717) is 10.0 Å². The second kappa shape index (κ2) is 5.93. The summed E-state index contributed by atoms with van der Waals surface area (Å²) < 4.78 is 14.4. The molecule has 0 aliphatic heterocycles. The van der Waals surface area contributed by atoms with Gasteiger partial charge in [-0.1, -0.05) is 24.3 Å². The van der Waals surface area contributed by atoms with Crippen LogP contribution in [-0.2, 0) is 6.42 Å². The van der Waals surface area contributed by atoms with Crippen molar-refractivity contribution in [3.05, 3.63) is 67.5 Å². The smallest absolute Gasteiger partial charge is 0.168 e. The van der Waals surface area contributed by atoms with E-state index in [1.54, 1.807) is 12.1 Å². The van der Waals surface area contributed by atoms with Crippen molar-refractivity contribution >= 4 is 44.3 Å².